The second-order valence-electron chi connectivity index (χ2n) is 7.37. The van der Waals surface area contributed by atoms with Gasteiger partial charge < -0.3 is 24.8 Å². The van der Waals surface area contributed by atoms with Crippen molar-refractivity contribution >= 4 is 22.8 Å². The molecular weight excluding hydrogens is 408 g/mol. The van der Waals surface area contributed by atoms with E-state index in [-0.39, 0.29) is 0 Å². The van der Waals surface area contributed by atoms with Crippen molar-refractivity contribution in [3.8, 4) is 5.75 Å². The number of para-hydroxylation sites is 2. The largest absolute Gasteiger partial charge is 0.494 e. The zero-order valence-electron chi connectivity index (χ0n) is 17.9. The molecular formula is C25H28N2O5. The number of hydrogen-bond donors (Lipinski definition) is 3. The van der Waals surface area contributed by atoms with Gasteiger partial charge in [0.1, 0.15) is 5.75 Å². The zero-order chi connectivity index (χ0) is 22.8. The molecule has 4 rings (SSSR count). The first-order valence-electron chi connectivity index (χ1n) is 10.7. The van der Waals surface area contributed by atoms with Crippen LogP contribution in [-0.4, -0.2) is 46.4 Å². The van der Waals surface area contributed by atoms with Gasteiger partial charge in [-0.1, -0.05) is 36.4 Å². The maximum Gasteiger partial charge on any atom is 0.328 e. The lowest BCUT2D eigenvalue weighted by atomic mass is 10.1. The second-order valence-corrected chi connectivity index (χ2v) is 7.37. The molecule has 0 amide bonds. The Kier molecular flexibility index (Phi) is 8.45. The monoisotopic (exact) mass is 436 g/mol. The summed E-state index contributed by atoms with van der Waals surface area (Å²) >= 11 is 0. The minimum atomic E-state index is -1.26. The van der Waals surface area contributed by atoms with Gasteiger partial charge >= 0.3 is 11.9 Å². The molecule has 0 spiro atoms. The van der Waals surface area contributed by atoms with E-state index in [2.05, 4.69) is 34.1 Å². The molecule has 2 heterocycles. The van der Waals surface area contributed by atoms with Gasteiger partial charge in [-0.2, -0.15) is 0 Å². The molecule has 1 aromatic heterocycles. The maximum absolute atomic E-state index is 9.55. The Balaban J connectivity index is 0.000000312. The number of hydrogen-bond acceptors (Lipinski definition) is 4. The van der Waals surface area contributed by atoms with Crippen molar-refractivity contribution < 1.29 is 24.5 Å². The number of carbonyl (C=O) groups is 2. The zero-order valence-corrected chi connectivity index (χ0v) is 17.9. The van der Waals surface area contributed by atoms with Gasteiger partial charge in [-0.3, -0.25) is 0 Å². The van der Waals surface area contributed by atoms with E-state index in [4.69, 9.17) is 14.9 Å². The van der Waals surface area contributed by atoms with E-state index in [9.17, 15) is 9.59 Å². The van der Waals surface area contributed by atoms with Crippen LogP contribution in [0.2, 0.25) is 0 Å². The summed E-state index contributed by atoms with van der Waals surface area (Å²) in [4.78, 5) is 19.1. The molecule has 7 heteroatoms. The normalized spacial score (nSPS) is 13.1. The smallest absolute Gasteiger partial charge is 0.328 e. The van der Waals surface area contributed by atoms with E-state index in [0.29, 0.717) is 12.2 Å². The van der Waals surface area contributed by atoms with E-state index >= 15 is 0 Å². The quantitative estimate of drug-likeness (QED) is 0.387. The molecule has 0 fully saturated rings. The summed E-state index contributed by atoms with van der Waals surface area (Å²) in [5, 5.41) is 20.6. The number of aromatic nitrogens is 1. The van der Waals surface area contributed by atoms with Crippen LogP contribution in [0.1, 0.15) is 17.7 Å². The lowest BCUT2D eigenvalue weighted by Crippen LogP contribution is -2.17. The fourth-order valence-corrected chi connectivity index (χ4v) is 3.87. The molecule has 7 nitrogen and oxygen atoms in total. The number of aliphatic carboxylic acids is 2. The topological polar surface area (TPSA) is 101 Å². The predicted octanol–water partition coefficient (Wildman–Crippen LogP) is 3.51. The summed E-state index contributed by atoms with van der Waals surface area (Å²) in [5.41, 5.74) is 4.43. The second kappa shape index (κ2) is 11.7. The number of nitrogens with one attached hydrogen (secondary N) is 1. The molecule has 32 heavy (non-hydrogen) atoms. The van der Waals surface area contributed by atoms with Gasteiger partial charge in [0.15, 0.2) is 0 Å². The summed E-state index contributed by atoms with van der Waals surface area (Å²) in [5.74, 6) is -1.56. The Morgan fingerprint density at radius 1 is 0.938 bits per heavy atom. The van der Waals surface area contributed by atoms with Crippen LogP contribution in [0.3, 0.4) is 0 Å². The molecule has 168 valence electrons. The minimum absolute atomic E-state index is 0.558. The summed E-state index contributed by atoms with van der Waals surface area (Å²) in [7, 11) is 0. The van der Waals surface area contributed by atoms with Crippen LogP contribution in [0, 0.1) is 0 Å². The van der Waals surface area contributed by atoms with Crippen LogP contribution < -0.4 is 10.1 Å². The summed E-state index contributed by atoms with van der Waals surface area (Å²) in [6.07, 6.45) is 4.38. The molecule has 0 saturated carbocycles. The van der Waals surface area contributed by atoms with E-state index in [1.54, 1.807) is 5.56 Å². The van der Waals surface area contributed by atoms with E-state index in [0.717, 1.165) is 51.3 Å². The van der Waals surface area contributed by atoms with Crippen LogP contribution in [0.15, 0.2) is 66.7 Å². The molecule has 0 atom stereocenters. The number of aryl methyl sites for hydroxylation is 1. The number of carboxylic acid groups (broad SMARTS) is 2. The lowest BCUT2D eigenvalue weighted by molar-refractivity contribution is -0.134. The Morgan fingerprint density at radius 3 is 2.31 bits per heavy atom. The number of nitrogens with zero attached hydrogens (tertiary/aromatic N) is 1. The molecule has 0 unspecified atom stereocenters. The van der Waals surface area contributed by atoms with Crippen LogP contribution >= 0.6 is 0 Å². The fourth-order valence-electron chi connectivity index (χ4n) is 3.87. The fraction of sp³-hybridized carbons (Fsp3) is 0.280. The predicted molar refractivity (Wildman–Crippen MR) is 123 cm³/mol. The number of rotatable bonds is 7. The summed E-state index contributed by atoms with van der Waals surface area (Å²) in [6.45, 7) is 3.92. The highest BCUT2D eigenvalue weighted by atomic mass is 16.5. The number of carboxylic acids is 2. The maximum atomic E-state index is 9.55. The highest BCUT2D eigenvalue weighted by Crippen LogP contribution is 2.28. The van der Waals surface area contributed by atoms with Gasteiger partial charge in [-0.05, 0) is 43.1 Å². The third-order valence-electron chi connectivity index (χ3n) is 5.19. The van der Waals surface area contributed by atoms with Crippen molar-refractivity contribution in [3.05, 3.63) is 78.0 Å². The van der Waals surface area contributed by atoms with Crippen molar-refractivity contribution in [2.45, 2.75) is 25.8 Å². The van der Waals surface area contributed by atoms with Gasteiger partial charge in [0.2, 0.25) is 0 Å². The number of ether oxygens (including phenoxy) is 1. The minimum Gasteiger partial charge on any atom is -0.494 e. The first-order valence-corrected chi connectivity index (χ1v) is 10.7. The van der Waals surface area contributed by atoms with E-state index in [1.807, 2.05) is 30.3 Å². The van der Waals surface area contributed by atoms with Crippen molar-refractivity contribution in [3.63, 3.8) is 0 Å². The highest BCUT2D eigenvalue weighted by molar-refractivity contribution is 5.89. The Morgan fingerprint density at radius 2 is 1.59 bits per heavy atom. The molecule has 2 aromatic carbocycles. The molecule has 0 saturated heterocycles. The van der Waals surface area contributed by atoms with Crippen molar-refractivity contribution in [1.82, 2.24) is 9.88 Å². The van der Waals surface area contributed by atoms with Gasteiger partial charge in [-0.25, -0.2) is 9.59 Å². The first kappa shape index (κ1) is 23.1. The number of benzene rings is 2. The highest BCUT2D eigenvalue weighted by Gasteiger charge is 2.18. The molecule has 3 N–H and O–H groups in total. The third-order valence-corrected chi connectivity index (χ3v) is 5.19. The first-order chi connectivity index (χ1) is 15.6. The molecule has 0 bridgehead atoms. The van der Waals surface area contributed by atoms with E-state index < -0.39 is 11.9 Å². The summed E-state index contributed by atoms with van der Waals surface area (Å²) < 4.78 is 8.38. The average Bonchev–Trinajstić information content (AvgIpc) is 2.93. The molecule has 1 aliphatic heterocycles. The number of fused-ring (bicyclic) bond motifs is 3. The molecule has 1 aliphatic rings. The average molecular weight is 437 g/mol. The van der Waals surface area contributed by atoms with Crippen molar-refractivity contribution in [1.29, 1.82) is 0 Å². The summed E-state index contributed by atoms with van der Waals surface area (Å²) in [6, 6.07) is 18.9. The van der Waals surface area contributed by atoms with Crippen LogP contribution in [0.25, 0.3) is 10.9 Å². The third kappa shape index (κ3) is 6.46. The van der Waals surface area contributed by atoms with Crippen LogP contribution in [0.4, 0.5) is 0 Å². The van der Waals surface area contributed by atoms with Gasteiger partial charge in [0.05, 0.1) is 6.61 Å². The molecule has 0 aliphatic carbocycles. The molecule has 3 aromatic rings. The van der Waals surface area contributed by atoms with Crippen LogP contribution in [-0.2, 0) is 29.0 Å². The Bertz CT molecular complexity index is 1060. The van der Waals surface area contributed by atoms with Gasteiger partial charge in [-0.15, -0.1) is 0 Å². The van der Waals surface area contributed by atoms with Crippen molar-refractivity contribution in [2.24, 2.45) is 0 Å². The standard InChI is InChI=1S/C21H24N2O.C4H4O4/c1-2-7-17(8-3-1)24-16-6-15-23-20-10-5-4-9-18(20)19-11-13-22-14-12-21(19)23;5-3(6)1-2-4(7)8/h1-5,7-10,22H,6,11-16H2;1-2H,(H,5,6)(H,7,8)/b;2-1-. The van der Waals surface area contributed by atoms with Crippen LogP contribution in [0.5, 0.6) is 5.75 Å². The van der Waals surface area contributed by atoms with Gasteiger partial charge in [0.25, 0.3) is 0 Å². The van der Waals surface area contributed by atoms with Gasteiger partial charge in [0, 0.05) is 48.3 Å². The SMILES string of the molecule is O=C(O)/C=C\C(=O)O.c1ccc(OCCCn2c3c(c4ccccc42)CCNCC3)cc1. The molecule has 0 radical (unpaired) electrons. The Hall–Kier alpha value is -3.58. The van der Waals surface area contributed by atoms with Crippen molar-refractivity contribution in [2.75, 3.05) is 19.7 Å². The Labute approximate surface area is 186 Å². The lowest BCUT2D eigenvalue weighted by Gasteiger charge is -2.12. The van der Waals surface area contributed by atoms with E-state index in [1.165, 1.54) is 16.6 Å².